The maximum Gasteiger partial charge on any atom is 0.391 e. The highest BCUT2D eigenvalue weighted by atomic mass is 16.6. The Morgan fingerprint density at radius 3 is 1.71 bits per heavy atom. The van der Waals surface area contributed by atoms with Crippen molar-refractivity contribution < 1.29 is 19.3 Å². The molecule has 0 fully saturated rings. The van der Waals surface area contributed by atoms with Gasteiger partial charge in [0, 0.05) is 6.07 Å². The number of nitrogens with zero attached hydrogens (tertiary/aromatic N) is 2. The Hall–Kier alpha value is -3.94. The van der Waals surface area contributed by atoms with Crippen LogP contribution in [0, 0.1) is 20.2 Å². The van der Waals surface area contributed by atoms with E-state index in [1.54, 1.807) is 24.3 Å². The Labute approximate surface area is 160 Å². The molecule has 0 saturated heterocycles. The Morgan fingerprint density at radius 1 is 0.679 bits per heavy atom. The molecule has 0 saturated carbocycles. The summed E-state index contributed by atoms with van der Waals surface area (Å²) in [5, 5.41) is 22.8. The summed E-state index contributed by atoms with van der Waals surface area (Å²) in [6.07, 6.45) is 0. The molecule has 0 amide bonds. The summed E-state index contributed by atoms with van der Waals surface area (Å²) in [6.45, 7) is 0.141. The first-order valence-electron chi connectivity index (χ1n) is 8.35. The Balaban J connectivity index is 1.96. The van der Waals surface area contributed by atoms with Crippen molar-refractivity contribution in [2.24, 2.45) is 0 Å². The van der Waals surface area contributed by atoms with Crippen LogP contribution in [0.5, 0.6) is 11.5 Å². The van der Waals surface area contributed by atoms with Crippen LogP contribution in [0.2, 0.25) is 0 Å². The van der Waals surface area contributed by atoms with Gasteiger partial charge in [-0.2, -0.15) is 0 Å². The number of hydrogen-bond donors (Lipinski definition) is 0. The van der Waals surface area contributed by atoms with E-state index < -0.39 is 21.2 Å². The molecule has 0 heterocycles. The van der Waals surface area contributed by atoms with Crippen molar-refractivity contribution in [2.45, 2.75) is 13.2 Å². The van der Waals surface area contributed by atoms with Crippen LogP contribution in [0.3, 0.4) is 0 Å². The van der Waals surface area contributed by atoms with Crippen LogP contribution < -0.4 is 9.47 Å². The number of ether oxygens (including phenoxy) is 2. The molecule has 3 rings (SSSR count). The average molecular weight is 380 g/mol. The lowest BCUT2D eigenvalue weighted by Gasteiger charge is -2.13. The molecule has 0 spiro atoms. The van der Waals surface area contributed by atoms with Crippen molar-refractivity contribution in [1.29, 1.82) is 0 Å². The quantitative estimate of drug-likeness (QED) is 0.416. The molecule has 0 aliphatic rings. The van der Waals surface area contributed by atoms with Gasteiger partial charge < -0.3 is 9.47 Å². The standard InChI is InChI=1S/C20H16N2O6/c23-21(24)17-11-12-18(27-13-15-7-3-1-4-8-15)20(19(17)22(25)26)28-14-16-9-5-2-6-10-16/h1-12H,13-14H2. The van der Waals surface area contributed by atoms with Crippen molar-refractivity contribution in [1.82, 2.24) is 0 Å². The molecule has 0 atom stereocenters. The van der Waals surface area contributed by atoms with E-state index in [0.29, 0.717) is 0 Å². The fourth-order valence-electron chi connectivity index (χ4n) is 2.58. The third-order valence-electron chi connectivity index (χ3n) is 3.92. The van der Waals surface area contributed by atoms with Crippen LogP contribution in [0.4, 0.5) is 11.4 Å². The summed E-state index contributed by atoms with van der Waals surface area (Å²) in [7, 11) is 0. The van der Waals surface area contributed by atoms with E-state index in [9.17, 15) is 20.2 Å². The molecule has 0 bridgehead atoms. The van der Waals surface area contributed by atoms with Crippen molar-refractivity contribution in [3.63, 3.8) is 0 Å². The highest BCUT2D eigenvalue weighted by Gasteiger charge is 2.33. The molecule has 3 aromatic rings. The molecule has 0 radical (unpaired) electrons. The van der Waals surface area contributed by atoms with Crippen LogP contribution in [-0.2, 0) is 13.2 Å². The third-order valence-corrected chi connectivity index (χ3v) is 3.92. The third kappa shape index (κ3) is 4.42. The summed E-state index contributed by atoms with van der Waals surface area (Å²) in [5.74, 6) is -0.198. The first kappa shape index (κ1) is 18.8. The first-order valence-corrected chi connectivity index (χ1v) is 8.35. The second kappa shape index (κ2) is 8.63. The van der Waals surface area contributed by atoms with Gasteiger partial charge in [0.2, 0.25) is 5.75 Å². The van der Waals surface area contributed by atoms with Crippen LogP contribution in [0.25, 0.3) is 0 Å². The van der Waals surface area contributed by atoms with Crippen LogP contribution in [-0.4, -0.2) is 9.85 Å². The maximum atomic E-state index is 11.6. The van der Waals surface area contributed by atoms with Gasteiger partial charge in [0.05, 0.1) is 9.85 Å². The SMILES string of the molecule is O=[N+]([O-])c1ccc(OCc2ccccc2)c(OCc2ccccc2)c1[N+](=O)[O-]. The van der Waals surface area contributed by atoms with Crippen molar-refractivity contribution >= 4 is 11.4 Å². The number of rotatable bonds is 8. The fraction of sp³-hybridized carbons (Fsp3) is 0.100. The first-order chi connectivity index (χ1) is 13.6. The normalized spacial score (nSPS) is 10.3. The second-order valence-corrected chi connectivity index (χ2v) is 5.82. The molecule has 0 aromatic heterocycles. The molecule has 0 aliphatic heterocycles. The molecule has 8 nitrogen and oxygen atoms in total. The lowest BCUT2D eigenvalue weighted by Crippen LogP contribution is -2.05. The summed E-state index contributed by atoms with van der Waals surface area (Å²) >= 11 is 0. The van der Waals surface area contributed by atoms with Crippen LogP contribution in [0.1, 0.15) is 11.1 Å². The molecule has 142 valence electrons. The van der Waals surface area contributed by atoms with Gasteiger partial charge in [-0.05, 0) is 17.2 Å². The predicted octanol–water partition coefficient (Wildman–Crippen LogP) is 4.66. The molecule has 0 aliphatic carbocycles. The number of hydrogen-bond acceptors (Lipinski definition) is 6. The van der Waals surface area contributed by atoms with E-state index in [-0.39, 0.29) is 24.7 Å². The lowest BCUT2D eigenvalue weighted by atomic mass is 10.2. The van der Waals surface area contributed by atoms with E-state index in [0.717, 1.165) is 17.2 Å². The van der Waals surface area contributed by atoms with Gasteiger partial charge in [0.15, 0.2) is 5.75 Å². The summed E-state index contributed by atoms with van der Waals surface area (Å²) in [6, 6.07) is 20.6. The van der Waals surface area contributed by atoms with Gasteiger partial charge in [-0.25, -0.2) is 0 Å². The minimum Gasteiger partial charge on any atom is -0.485 e. The molecule has 28 heavy (non-hydrogen) atoms. The summed E-state index contributed by atoms with van der Waals surface area (Å²) in [4.78, 5) is 21.2. The minimum atomic E-state index is -0.826. The summed E-state index contributed by atoms with van der Waals surface area (Å²) < 4.78 is 11.3. The predicted molar refractivity (Wildman–Crippen MR) is 101 cm³/mol. The summed E-state index contributed by atoms with van der Waals surface area (Å²) in [5.41, 5.74) is 0.224. The smallest absolute Gasteiger partial charge is 0.391 e. The van der Waals surface area contributed by atoms with Crippen LogP contribution >= 0.6 is 0 Å². The van der Waals surface area contributed by atoms with Gasteiger partial charge in [-0.15, -0.1) is 0 Å². The Morgan fingerprint density at radius 2 is 1.21 bits per heavy atom. The molecule has 3 aromatic carbocycles. The zero-order chi connectivity index (χ0) is 19.9. The Kier molecular flexibility index (Phi) is 5.81. The number of benzene rings is 3. The molecular weight excluding hydrogens is 364 g/mol. The van der Waals surface area contributed by atoms with Crippen LogP contribution in [0.15, 0.2) is 72.8 Å². The largest absolute Gasteiger partial charge is 0.485 e. The highest BCUT2D eigenvalue weighted by Crippen LogP contribution is 2.44. The van der Waals surface area contributed by atoms with E-state index in [1.165, 1.54) is 6.07 Å². The van der Waals surface area contributed by atoms with E-state index in [2.05, 4.69) is 0 Å². The van der Waals surface area contributed by atoms with E-state index in [4.69, 9.17) is 9.47 Å². The van der Waals surface area contributed by atoms with Gasteiger partial charge in [-0.1, -0.05) is 60.7 Å². The van der Waals surface area contributed by atoms with Gasteiger partial charge in [0.25, 0.3) is 0 Å². The topological polar surface area (TPSA) is 105 Å². The lowest BCUT2D eigenvalue weighted by molar-refractivity contribution is -0.423. The molecule has 0 unspecified atom stereocenters. The second-order valence-electron chi connectivity index (χ2n) is 5.82. The molecule has 0 N–H and O–H groups in total. The monoisotopic (exact) mass is 380 g/mol. The maximum absolute atomic E-state index is 11.6. The van der Waals surface area contributed by atoms with Gasteiger partial charge >= 0.3 is 11.4 Å². The molecule has 8 heteroatoms. The average Bonchev–Trinajstić information content (AvgIpc) is 2.71. The van der Waals surface area contributed by atoms with E-state index in [1.807, 2.05) is 36.4 Å². The number of nitro benzene ring substituents is 2. The van der Waals surface area contributed by atoms with Gasteiger partial charge in [-0.3, -0.25) is 20.2 Å². The molecular formula is C20H16N2O6. The van der Waals surface area contributed by atoms with Gasteiger partial charge in [0.1, 0.15) is 13.2 Å². The van der Waals surface area contributed by atoms with E-state index >= 15 is 0 Å². The van der Waals surface area contributed by atoms with Crippen molar-refractivity contribution in [2.75, 3.05) is 0 Å². The minimum absolute atomic E-state index is 0.00451. The van der Waals surface area contributed by atoms with Crippen molar-refractivity contribution in [3.05, 3.63) is 104 Å². The van der Waals surface area contributed by atoms with Crippen molar-refractivity contribution in [3.8, 4) is 11.5 Å². The fourth-order valence-corrected chi connectivity index (χ4v) is 2.58. The Bertz CT molecular complexity index is 977. The zero-order valence-corrected chi connectivity index (χ0v) is 14.7. The highest BCUT2D eigenvalue weighted by molar-refractivity contribution is 5.67. The number of nitro groups is 2. The zero-order valence-electron chi connectivity index (χ0n) is 14.7.